The molecule has 1 aliphatic rings. The molecule has 0 atom stereocenters. The number of aryl methyl sites for hydroxylation is 3. The summed E-state index contributed by atoms with van der Waals surface area (Å²) in [5.41, 5.74) is 11.6. The fourth-order valence-electron chi connectivity index (χ4n) is 4.56. The van der Waals surface area contributed by atoms with Crippen molar-refractivity contribution in [3.05, 3.63) is 100 Å². The quantitative estimate of drug-likeness (QED) is 0.211. The Morgan fingerprint density at radius 3 is 2.11 bits per heavy atom. The van der Waals surface area contributed by atoms with Crippen LogP contribution in [0.25, 0.3) is 10.8 Å². The number of hydrogen-bond acceptors (Lipinski definition) is 5. The lowest BCUT2D eigenvalue weighted by molar-refractivity contribution is 0.0598. The van der Waals surface area contributed by atoms with E-state index in [1.165, 1.54) is 4.90 Å². The highest BCUT2D eigenvalue weighted by molar-refractivity contribution is 6.26. The van der Waals surface area contributed by atoms with Crippen molar-refractivity contribution in [1.29, 1.82) is 0 Å². The SMILES string of the molecule is Cc1ccc(C)c(OCCOc2cc(CN3C(=O)c4cccc5c(N)ccc(c45)C3=O)ccc2C)c1. The number of hydrogen-bond donors (Lipinski definition) is 1. The van der Waals surface area contributed by atoms with Gasteiger partial charge in [-0.05, 0) is 73.4 Å². The molecule has 1 aliphatic heterocycles. The van der Waals surface area contributed by atoms with Crippen molar-refractivity contribution < 1.29 is 19.1 Å². The minimum absolute atomic E-state index is 0.146. The number of nitrogens with zero attached hydrogens (tertiary/aromatic N) is 1. The predicted molar refractivity (Wildman–Crippen MR) is 141 cm³/mol. The van der Waals surface area contributed by atoms with Gasteiger partial charge in [0.15, 0.2) is 0 Å². The van der Waals surface area contributed by atoms with Crippen molar-refractivity contribution in [2.75, 3.05) is 18.9 Å². The maximum atomic E-state index is 13.3. The Hall–Kier alpha value is -4.32. The fourth-order valence-corrected chi connectivity index (χ4v) is 4.56. The summed E-state index contributed by atoms with van der Waals surface area (Å²) >= 11 is 0. The van der Waals surface area contributed by atoms with Crippen molar-refractivity contribution in [2.45, 2.75) is 27.3 Å². The van der Waals surface area contributed by atoms with Crippen LogP contribution in [0.2, 0.25) is 0 Å². The van der Waals surface area contributed by atoms with Gasteiger partial charge in [0.05, 0.1) is 6.54 Å². The lowest BCUT2D eigenvalue weighted by Crippen LogP contribution is -2.39. The van der Waals surface area contributed by atoms with E-state index in [9.17, 15) is 9.59 Å². The maximum Gasteiger partial charge on any atom is 0.261 e. The van der Waals surface area contributed by atoms with E-state index >= 15 is 0 Å². The van der Waals surface area contributed by atoms with Gasteiger partial charge >= 0.3 is 0 Å². The zero-order chi connectivity index (χ0) is 25.4. The van der Waals surface area contributed by atoms with Gasteiger partial charge in [-0.25, -0.2) is 0 Å². The second kappa shape index (κ2) is 9.38. The number of ether oxygens (including phenoxy) is 2. The van der Waals surface area contributed by atoms with E-state index in [1.54, 1.807) is 24.3 Å². The molecule has 0 bridgehead atoms. The monoisotopic (exact) mass is 480 g/mol. The molecule has 1 heterocycles. The van der Waals surface area contributed by atoms with E-state index in [4.69, 9.17) is 15.2 Å². The molecule has 182 valence electrons. The number of rotatable bonds is 7. The van der Waals surface area contributed by atoms with E-state index in [2.05, 4.69) is 6.07 Å². The summed E-state index contributed by atoms with van der Waals surface area (Å²) in [6, 6.07) is 20.6. The van der Waals surface area contributed by atoms with Crippen molar-refractivity contribution >= 4 is 28.3 Å². The Bertz CT molecular complexity index is 1490. The Kier molecular flexibility index (Phi) is 6.10. The second-order valence-electron chi connectivity index (χ2n) is 9.19. The molecule has 6 heteroatoms. The zero-order valence-electron chi connectivity index (χ0n) is 20.6. The van der Waals surface area contributed by atoms with Crippen LogP contribution in [-0.2, 0) is 6.54 Å². The molecule has 2 N–H and O–H groups in total. The molecule has 4 aromatic rings. The van der Waals surface area contributed by atoms with Crippen LogP contribution in [0.5, 0.6) is 11.5 Å². The minimum atomic E-state index is -0.325. The Balaban J connectivity index is 1.31. The van der Waals surface area contributed by atoms with Crippen LogP contribution in [0.1, 0.15) is 43.0 Å². The van der Waals surface area contributed by atoms with Crippen LogP contribution in [0, 0.1) is 20.8 Å². The summed E-state index contributed by atoms with van der Waals surface area (Å²) in [5, 5.41) is 1.35. The zero-order valence-corrected chi connectivity index (χ0v) is 20.6. The number of nitrogens with two attached hydrogens (primary N) is 1. The van der Waals surface area contributed by atoms with E-state index in [0.29, 0.717) is 41.2 Å². The molecule has 0 aliphatic carbocycles. The van der Waals surface area contributed by atoms with Crippen molar-refractivity contribution in [3.8, 4) is 11.5 Å². The van der Waals surface area contributed by atoms with Gasteiger partial charge in [-0.3, -0.25) is 14.5 Å². The van der Waals surface area contributed by atoms with Crippen molar-refractivity contribution in [3.63, 3.8) is 0 Å². The van der Waals surface area contributed by atoms with Crippen LogP contribution in [0.3, 0.4) is 0 Å². The summed E-state index contributed by atoms with van der Waals surface area (Å²) in [5.74, 6) is 0.898. The molecule has 4 aromatic carbocycles. The highest BCUT2D eigenvalue weighted by Gasteiger charge is 2.33. The topological polar surface area (TPSA) is 81.9 Å². The number of benzene rings is 4. The summed E-state index contributed by atoms with van der Waals surface area (Å²) < 4.78 is 11.9. The third-order valence-corrected chi connectivity index (χ3v) is 6.56. The lowest BCUT2D eigenvalue weighted by Gasteiger charge is -2.27. The van der Waals surface area contributed by atoms with Crippen LogP contribution >= 0.6 is 0 Å². The normalized spacial score (nSPS) is 12.8. The van der Waals surface area contributed by atoms with Crippen molar-refractivity contribution in [2.24, 2.45) is 0 Å². The smallest absolute Gasteiger partial charge is 0.261 e. The van der Waals surface area contributed by atoms with Gasteiger partial charge in [-0.2, -0.15) is 0 Å². The number of imide groups is 1. The van der Waals surface area contributed by atoms with Crippen molar-refractivity contribution in [1.82, 2.24) is 4.90 Å². The first-order valence-corrected chi connectivity index (χ1v) is 11.9. The van der Waals surface area contributed by atoms with Gasteiger partial charge in [-0.1, -0.05) is 36.4 Å². The summed E-state index contributed by atoms with van der Waals surface area (Å²) in [6.07, 6.45) is 0. The van der Waals surface area contributed by atoms with Gasteiger partial charge < -0.3 is 15.2 Å². The average Bonchev–Trinajstić information content (AvgIpc) is 2.87. The summed E-state index contributed by atoms with van der Waals surface area (Å²) in [7, 11) is 0. The molecule has 5 rings (SSSR count). The standard InChI is InChI=1S/C30H28N2O4/c1-18-7-8-19(2)26(15-18)35-13-14-36-27-16-21(10-9-20(27)3)17-32-29(33)23-6-4-5-22-25(31)12-11-24(28(22)23)30(32)34/h4-12,15-16H,13-14,17,31H2,1-3H3. The number of anilines is 1. The van der Waals surface area contributed by atoms with Gasteiger partial charge in [0, 0.05) is 27.6 Å². The molecular formula is C30H28N2O4. The third kappa shape index (κ3) is 4.26. The van der Waals surface area contributed by atoms with Gasteiger partial charge in [0.1, 0.15) is 24.7 Å². The number of amides is 2. The predicted octanol–water partition coefficient (Wildman–Crippen LogP) is 5.60. The summed E-state index contributed by atoms with van der Waals surface area (Å²) in [6.45, 7) is 6.93. The van der Waals surface area contributed by atoms with Gasteiger partial charge in [0.2, 0.25) is 0 Å². The van der Waals surface area contributed by atoms with Crippen LogP contribution in [0.4, 0.5) is 5.69 Å². The summed E-state index contributed by atoms with van der Waals surface area (Å²) in [4.78, 5) is 27.9. The molecular weight excluding hydrogens is 452 g/mol. The van der Waals surface area contributed by atoms with Crippen LogP contribution in [-0.4, -0.2) is 29.9 Å². The molecule has 0 radical (unpaired) electrons. The molecule has 0 unspecified atom stereocenters. The largest absolute Gasteiger partial charge is 0.490 e. The highest BCUT2D eigenvalue weighted by atomic mass is 16.5. The fraction of sp³-hybridized carbons (Fsp3) is 0.200. The van der Waals surface area contributed by atoms with Crippen LogP contribution in [0.15, 0.2) is 66.7 Å². The van der Waals surface area contributed by atoms with E-state index in [-0.39, 0.29) is 18.4 Å². The number of carbonyl (C=O) groups is 2. The van der Waals surface area contributed by atoms with E-state index in [1.807, 2.05) is 57.2 Å². The molecule has 0 spiro atoms. The maximum absolute atomic E-state index is 13.3. The van der Waals surface area contributed by atoms with E-state index in [0.717, 1.165) is 33.4 Å². The Morgan fingerprint density at radius 2 is 1.39 bits per heavy atom. The molecule has 2 amide bonds. The molecule has 36 heavy (non-hydrogen) atoms. The molecule has 0 saturated heterocycles. The first kappa shape index (κ1) is 23.4. The molecule has 6 nitrogen and oxygen atoms in total. The Labute approximate surface area is 210 Å². The highest BCUT2D eigenvalue weighted by Crippen LogP contribution is 2.34. The van der Waals surface area contributed by atoms with Crippen LogP contribution < -0.4 is 15.2 Å². The lowest BCUT2D eigenvalue weighted by atomic mass is 9.93. The second-order valence-corrected chi connectivity index (χ2v) is 9.19. The molecule has 0 fully saturated rings. The number of carbonyl (C=O) groups excluding carboxylic acids is 2. The molecule has 0 aromatic heterocycles. The minimum Gasteiger partial charge on any atom is -0.490 e. The average molecular weight is 481 g/mol. The Morgan fingerprint density at radius 1 is 0.750 bits per heavy atom. The number of nitrogen functional groups attached to an aromatic ring is 1. The first-order chi connectivity index (χ1) is 17.3. The molecule has 0 saturated carbocycles. The first-order valence-electron chi connectivity index (χ1n) is 11.9. The van der Waals surface area contributed by atoms with Gasteiger partial charge in [0.25, 0.3) is 11.8 Å². The van der Waals surface area contributed by atoms with E-state index < -0.39 is 0 Å². The third-order valence-electron chi connectivity index (χ3n) is 6.56. The van der Waals surface area contributed by atoms with Gasteiger partial charge in [-0.15, -0.1) is 0 Å².